The van der Waals surface area contributed by atoms with E-state index >= 15 is 0 Å². The first kappa shape index (κ1) is 5.84. The molecule has 2 nitrogen and oxygen atoms in total. The van der Waals surface area contributed by atoms with Gasteiger partial charge in [-0.15, -0.1) is 0 Å². The average Bonchev–Trinajstić information content (AvgIpc) is 2.63. The van der Waals surface area contributed by atoms with Crippen LogP contribution in [0.25, 0.3) is 0 Å². The minimum absolute atomic E-state index is 0.414. The third-order valence-electron chi connectivity index (χ3n) is 2.86. The van der Waals surface area contributed by atoms with Crippen molar-refractivity contribution in [2.45, 2.75) is 24.8 Å². The summed E-state index contributed by atoms with van der Waals surface area (Å²) in [7, 11) is 0. The molecule has 0 atom stereocenters. The van der Waals surface area contributed by atoms with Crippen molar-refractivity contribution >= 4 is 0 Å². The zero-order chi connectivity index (χ0) is 7.31. The van der Waals surface area contributed by atoms with E-state index in [1.54, 1.807) is 0 Å². The Labute approximate surface area is 65.6 Å². The second kappa shape index (κ2) is 1.69. The van der Waals surface area contributed by atoms with Gasteiger partial charge in [-0.25, -0.2) is 0 Å². The SMILES string of the molecule is c1cc2c(o1)C1(CC1)CNC2. The van der Waals surface area contributed by atoms with Crippen molar-refractivity contribution in [2.24, 2.45) is 0 Å². The Bertz CT molecular complexity index is 286. The maximum absolute atomic E-state index is 5.49. The maximum Gasteiger partial charge on any atom is 0.115 e. The smallest absolute Gasteiger partial charge is 0.115 e. The highest BCUT2D eigenvalue weighted by molar-refractivity contribution is 5.33. The van der Waals surface area contributed by atoms with Crippen LogP contribution < -0.4 is 5.32 Å². The molecule has 11 heavy (non-hydrogen) atoms. The zero-order valence-electron chi connectivity index (χ0n) is 6.39. The zero-order valence-corrected chi connectivity index (χ0v) is 6.39. The highest BCUT2D eigenvalue weighted by Crippen LogP contribution is 2.50. The Hall–Kier alpha value is -0.760. The molecule has 58 valence electrons. The van der Waals surface area contributed by atoms with Crippen LogP contribution in [0, 0.1) is 0 Å². The normalized spacial score (nSPS) is 25.1. The average molecular weight is 149 g/mol. The van der Waals surface area contributed by atoms with Gasteiger partial charge in [-0.05, 0) is 18.9 Å². The van der Waals surface area contributed by atoms with Crippen LogP contribution in [0.4, 0.5) is 0 Å². The van der Waals surface area contributed by atoms with Crippen LogP contribution in [0.2, 0.25) is 0 Å². The number of fused-ring (bicyclic) bond motifs is 2. The predicted molar refractivity (Wildman–Crippen MR) is 41.3 cm³/mol. The molecule has 0 amide bonds. The summed E-state index contributed by atoms with van der Waals surface area (Å²) in [5.74, 6) is 1.26. The summed E-state index contributed by atoms with van der Waals surface area (Å²) in [6, 6.07) is 2.08. The first-order chi connectivity index (χ1) is 5.41. The van der Waals surface area contributed by atoms with Gasteiger partial charge in [0.25, 0.3) is 0 Å². The molecule has 2 aliphatic rings. The molecule has 1 aromatic heterocycles. The van der Waals surface area contributed by atoms with Gasteiger partial charge in [-0.1, -0.05) is 0 Å². The van der Waals surface area contributed by atoms with E-state index < -0.39 is 0 Å². The highest BCUT2D eigenvalue weighted by Gasteiger charge is 2.49. The minimum atomic E-state index is 0.414. The van der Waals surface area contributed by atoms with Gasteiger partial charge >= 0.3 is 0 Å². The molecule has 3 rings (SSSR count). The molecule has 2 heterocycles. The molecule has 1 saturated carbocycles. The van der Waals surface area contributed by atoms with Crippen LogP contribution in [0.5, 0.6) is 0 Å². The van der Waals surface area contributed by atoms with Crippen LogP contribution in [0.3, 0.4) is 0 Å². The van der Waals surface area contributed by atoms with E-state index in [0.29, 0.717) is 5.41 Å². The van der Waals surface area contributed by atoms with E-state index in [-0.39, 0.29) is 0 Å². The topological polar surface area (TPSA) is 25.2 Å². The number of hydrogen-bond acceptors (Lipinski definition) is 2. The maximum atomic E-state index is 5.49. The third kappa shape index (κ3) is 0.653. The molecule has 0 radical (unpaired) electrons. The van der Waals surface area contributed by atoms with E-state index in [9.17, 15) is 0 Å². The molecule has 1 aliphatic carbocycles. The summed E-state index contributed by atoms with van der Waals surface area (Å²) in [5, 5.41) is 3.42. The predicted octanol–water partition coefficient (Wildman–Crippen LogP) is 1.41. The molecule has 0 saturated heterocycles. The third-order valence-corrected chi connectivity index (χ3v) is 2.86. The molecule has 0 unspecified atom stereocenters. The minimum Gasteiger partial charge on any atom is -0.468 e. The molecule has 2 heteroatoms. The summed E-state index contributed by atoms with van der Waals surface area (Å²) in [5.41, 5.74) is 1.78. The van der Waals surface area contributed by atoms with Gasteiger partial charge in [0.2, 0.25) is 0 Å². The summed E-state index contributed by atoms with van der Waals surface area (Å²) in [6.45, 7) is 2.11. The van der Waals surface area contributed by atoms with Crippen molar-refractivity contribution in [3.8, 4) is 0 Å². The molecule has 1 fully saturated rings. The van der Waals surface area contributed by atoms with Crippen LogP contribution in [-0.2, 0) is 12.0 Å². The van der Waals surface area contributed by atoms with E-state index in [1.807, 2.05) is 6.26 Å². The molecule has 1 spiro atoms. The van der Waals surface area contributed by atoms with Crippen LogP contribution >= 0.6 is 0 Å². The Kier molecular flexibility index (Phi) is 0.899. The lowest BCUT2D eigenvalue weighted by Gasteiger charge is -2.20. The summed E-state index contributed by atoms with van der Waals surface area (Å²) < 4.78 is 5.49. The summed E-state index contributed by atoms with van der Waals surface area (Å²) in [4.78, 5) is 0. The standard InChI is InChI=1S/C9H11NO/c1-4-11-8-7(1)5-10-6-9(8)2-3-9/h1,4,10H,2-3,5-6H2. The van der Waals surface area contributed by atoms with Crippen LogP contribution in [0.15, 0.2) is 16.7 Å². The monoisotopic (exact) mass is 149 g/mol. The second-order valence-electron chi connectivity index (χ2n) is 3.66. The molecule has 1 N–H and O–H groups in total. The Morgan fingerprint density at radius 3 is 3.18 bits per heavy atom. The van der Waals surface area contributed by atoms with Crippen molar-refractivity contribution < 1.29 is 4.42 Å². The van der Waals surface area contributed by atoms with E-state index in [4.69, 9.17) is 4.42 Å². The van der Waals surface area contributed by atoms with Crippen molar-refractivity contribution in [1.29, 1.82) is 0 Å². The fourth-order valence-electron chi connectivity index (χ4n) is 2.01. The lowest BCUT2D eigenvalue weighted by Crippen LogP contribution is -2.32. The van der Waals surface area contributed by atoms with Gasteiger partial charge < -0.3 is 9.73 Å². The molecular formula is C9H11NO. The first-order valence-corrected chi connectivity index (χ1v) is 4.18. The van der Waals surface area contributed by atoms with Gasteiger partial charge in [-0.3, -0.25) is 0 Å². The van der Waals surface area contributed by atoms with E-state index in [0.717, 1.165) is 13.1 Å². The summed E-state index contributed by atoms with van der Waals surface area (Å²) >= 11 is 0. The van der Waals surface area contributed by atoms with Gasteiger partial charge in [0, 0.05) is 24.1 Å². The Morgan fingerprint density at radius 2 is 2.36 bits per heavy atom. The van der Waals surface area contributed by atoms with Gasteiger partial charge in [0.1, 0.15) is 5.76 Å². The molecule has 1 aliphatic heterocycles. The van der Waals surface area contributed by atoms with Gasteiger partial charge in [-0.2, -0.15) is 0 Å². The van der Waals surface area contributed by atoms with Crippen molar-refractivity contribution in [3.63, 3.8) is 0 Å². The largest absolute Gasteiger partial charge is 0.468 e. The number of nitrogens with one attached hydrogen (secondary N) is 1. The van der Waals surface area contributed by atoms with Crippen LogP contribution in [0.1, 0.15) is 24.2 Å². The van der Waals surface area contributed by atoms with E-state index in [1.165, 1.54) is 24.2 Å². The Morgan fingerprint density at radius 1 is 1.45 bits per heavy atom. The number of rotatable bonds is 0. The van der Waals surface area contributed by atoms with Crippen molar-refractivity contribution in [3.05, 3.63) is 23.7 Å². The lowest BCUT2D eigenvalue weighted by atomic mass is 9.96. The molecule has 1 aromatic rings. The molecular weight excluding hydrogens is 138 g/mol. The fourth-order valence-corrected chi connectivity index (χ4v) is 2.01. The number of hydrogen-bond donors (Lipinski definition) is 1. The first-order valence-electron chi connectivity index (χ1n) is 4.18. The fraction of sp³-hybridized carbons (Fsp3) is 0.556. The van der Waals surface area contributed by atoms with Crippen molar-refractivity contribution in [1.82, 2.24) is 5.32 Å². The van der Waals surface area contributed by atoms with Crippen molar-refractivity contribution in [2.75, 3.05) is 6.54 Å². The van der Waals surface area contributed by atoms with E-state index in [2.05, 4.69) is 11.4 Å². The quantitative estimate of drug-likeness (QED) is 0.603. The molecule has 0 aromatic carbocycles. The Balaban J connectivity index is 2.16. The lowest BCUT2D eigenvalue weighted by molar-refractivity contribution is 0.404. The van der Waals surface area contributed by atoms with Gasteiger partial charge in [0.15, 0.2) is 0 Å². The van der Waals surface area contributed by atoms with Gasteiger partial charge in [0.05, 0.1) is 6.26 Å². The second-order valence-corrected chi connectivity index (χ2v) is 3.66. The van der Waals surface area contributed by atoms with Crippen LogP contribution in [-0.4, -0.2) is 6.54 Å². The number of furan rings is 1. The molecule has 0 bridgehead atoms. The highest BCUT2D eigenvalue weighted by atomic mass is 16.3. The summed E-state index contributed by atoms with van der Waals surface area (Å²) in [6.07, 6.45) is 4.43.